The smallest absolute Gasteiger partial charge is 0.0649 e. The van der Waals surface area contributed by atoms with Gasteiger partial charge < -0.3 is 16.7 Å². The van der Waals surface area contributed by atoms with Crippen LogP contribution in [-0.2, 0) is 0 Å². The predicted molar refractivity (Wildman–Crippen MR) is 52.9 cm³/mol. The van der Waals surface area contributed by atoms with Gasteiger partial charge in [-0.15, -0.1) is 0 Å². The molecule has 4 heteroatoms. The monoisotopic (exact) mass is 183 g/mol. The van der Waals surface area contributed by atoms with E-state index in [1.807, 2.05) is 0 Å². The van der Waals surface area contributed by atoms with Gasteiger partial charge in [0.25, 0.3) is 0 Å². The van der Waals surface area contributed by atoms with E-state index in [0.717, 1.165) is 25.0 Å². The maximum absolute atomic E-state index is 9.33. The lowest BCUT2D eigenvalue weighted by atomic mass is 10.0. The van der Waals surface area contributed by atoms with Crippen molar-refractivity contribution in [1.29, 1.82) is 0 Å². The molecule has 1 rings (SSSR count). The van der Waals surface area contributed by atoms with Gasteiger partial charge in [-0.1, -0.05) is 0 Å². The zero-order valence-electron chi connectivity index (χ0n) is 7.90. The minimum Gasteiger partial charge on any atom is -0.402 e. The Morgan fingerprint density at radius 2 is 2.23 bits per heavy atom. The lowest BCUT2D eigenvalue weighted by Crippen LogP contribution is -2.14. The van der Waals surface area contributed by atoms with E-state index in [1.165, 1.54) is 0 Å². The number of allylic oxidation sites excluding steroid dienone is 2. The minimum atomic E-state index is -0.201. The quantitative estimate of drug-likeness (QED) is 0.327. The van der Waals surface area contributed by atoms with Crippen LogP contribution < -0.4 is 11.6 Å². The van der Waals surface area contributed by atoms with Crippen LogP contribution in [0.4, 0.5) is 0 Å². The van der Waals surface area contributed by atoms with Crippen molar-refractivity contribution in [3.63, 3.8) is 0 Å². The van der Waals surface area contributed by atoms with E-state index in [0.29, 0.717) is 5.70 Å². The Morgan fingerprint density at radius 1 is 1.54 bits per heavy atom. The number of nitrogens with two attached hydrogens (primary N) is 2. The summed E-state index contributed by atoms with van der Waals surface area (Å²) in [5, 5.41) is 13.0. The lowest BCUT2D eigenvalue weighted by Gasteiger charge is -2.08. The Labute approximate surface area is 78.3 Å². The van der Waals surface area contributed by atoms with Gasteiger partial charge in [-0.3, -0.25) is 0 Å². The van der Waals surface area contributed by atoms with Crippen LogP contribution in [0, 0.1) is 5.92 Å². The molecule has 0 aliphatic heterocycles. The highest BCUT2D eigenvalue weighted by atomic mass is 16.3. The van der Waals surface area contributed by atoms with Gasteiger partial charge in [-0.2, -0.15) is 5.10 Å². The van der Waals surface area contributed by atoms with Crippen molar-refractivity contribution >= 4 is 5.71 Å². The number of hydrazone groups is 1. The van der Waals surface area contributed by atoms with Gasteiger partial charge in [0.2, 0.25) is 0 Å². The largest absolute Gasteiger partial charge is 0.402 e. The van der Waals surface area contributed by atoms with Crippen LogP contribution in [-0.4, -0.2) is 16.9 Å². The number of hydrogen-bond acceptors (Lipinski definition) is 4. The third kappa shape index (κ3) is 2.73. The lowest BCUT2D eigenvalue weighted by molar-refractivity contribution is 0.181. The Morgan fingerprint density at radius 3 is 2.62 bits per heavy atom. The topological polar surface area (TPSA) is 84.6 Å². The first-order valence-electron chi connectivity index (χ1n) is 4.53. The molecule has 1 fully saturated rings. The molecule has 1 saturated carbocycles. The van der Waals surface area contributed by atoms with Crippen LogP contribution in [0.15, 0.2) is 16.9 Å². The first kappa shape index (κ1) is 10.1. The maximum Gasteiger partial charge on any atom is 0.0649 e. The molecule has 13 heavy (non-hydrogen) atoms. The highest BCUT2D eigenvalue weighted by Crippen LogP contribution is 2.27. The molecule has 0 heterocycles. The van der Waals surface area contributed by atoms with Crippen LogP contribution in [0.1, 0.15) is 26.2 Å². The van der Waals surface area contributed by atoms with Gasteiger partial charge in [0.05, 0.1) is 11.8 Å². The molecule has 5 N–H and O–H groups in total. The van der Waals surface area contributed by atoms with E-state index >= 15 is 0 Å². The van der Waals surface area contributed by atoms with Gasteiger partial charge in [0.1, 0.15) is 0 Å². The molecule has 2 atom stereocenters. The van der Waals surface area contributed by atoms with Crippen LogP contribution in [0.25, 0.3) is 0 Å². The predicted octanol–water partition coefficient (Wildman–Crippen LogP) is 0.325. The van der Waals surface area contributed by atoms with Crippen molar-refractivity contribution in [1.82, 2.24) is 0 Å². The standard InChI is InChI=1S/C9H17N3O/c1-6(10)4-9(12-11)7-2-3-8(13)5-7/h4,7-8,13H,2-3,5,10-11H2,1H3/b6-4+,12-9+/t7-,8?/m0/s1. The van der Waals surface area contributed by atoms with Crippen LogP contribution in [0.3, 0.4) is 0 Å². The van der Waals surface area contributed by atoms with E-state index in [2.05, 4.69) is 5.10 Å². The fraction of sp³-hybridized carbons (Fsp3) is 0.667. The van der Waals surface area contributed by atoms with Crippen molar-refractivity contribution in [2.75, 3.05) is 0 Å². The average Bonchev–Trinajstić information content (AvgIpc) is 2.47. The summed E-state index contributed by atoms with van der Waals surface area (Å²) >= 11 is 0. The highest BCUT2D eigenvalue weighted by Gasteiger charge is 2.25. The first-order chi connectivity index (χ1) is 6.13. The molecule has 0 amide bonds. The number of hydrogen-bond donors (Lipinski definition) is 3. The second-order valence-corrected chi connectivity index (χ2v) is 3.61. The molecule has 0 aromatic heterocycles. The van der Waals surface area contributed by atoms with Crippen molar-refractivity contribution in [2.45, 2.75) is 32.3 Å². The van der Waals surface area contributed by atoms with Gasteiger partial charge >= 0.3 is 0 Å². The molecule has 1 unspecified atom stereocenters. The van der Waals surface area contributed by atoms with Crippen molar-refractivity contribution in [3.8, 4) is 0 Å². The molecule has 0 radical (unpaired) electrons. The fourth-order valence-corrected chi connectivity index (χ4v) is 1.72. The Balaban J connectivity index is 2.64. The Kier molecular flexibility index (Phi) is 3.31. The molecule has 0 aromatic carbocycles. The summed E-state index contributed by atoms with van der Waals surface area (Å²) in [5.74, 6) is 5.53. The van der Waals surface area contributed by atoms with E-state index in [9.17, 15) is 5.11 Å². The zero-order chi connectivity index (χ0) is 9.84. The number of aliphatic hydroxyl groups is 1. The third-order valence-electron chi connectivity index (χ3n) is 2.35. The third-order valence-corrected chi connectivity index (χ3v) is 2.35. The summed E-state index contributed by atoms with van der Waals surface area (Å²) in [4.78, 5) is 0. The second kappa shape index (κ2) is 4.28. The number of rotatable bonds is 2. The minimum absolute atomic E-state index is 0.201. The van der Waals surface area contributed by atoms with E-state index in [-0.39, 0.29) is 12.0 Å². The van der Waals surface area contributed by atoms with Crippen molar-refractivity contribution in [3.05, 3.63) is 11.8 Å². The first-order valence-corrected chi connectivity index (χ1v) is 4.53. The second-order valence-electron chi connectivity index (χ2n) is 3.61. The number of nitrogens with zero attached hydrogens (tertiary/aromatic N) is 1. The Bertz CT molecular complexity index is 231. The number of aliphatic hydroxyl groups excluding tert-OH is 1. The molecule has 0 bridgehead atoms. The van der Waals surface area contributed by atoms with Gasteiger partial charge in [-0.05, 0) is 32.3 Å². The summed E-state index contributed by atoms with van der Waals surface area (Å²) in [6, 6.07) is 0. The molecular formula is C9H17N3O. The molecule has 0 spiro atoms. The maximum atomic E-state index is 9.33. The SMILES string of the molecule is C/C(N)=C\C(=N/N)[C@H]1CCC(O)C1. The summed E-state index contributed by atoms with van der Waals surface area (Å²) in [6.07, 6.45) is 4.11. The summed E-state index contributed by atoms with van der Waals surface area (Å²) in [5.41, 5.74) is 7.04. The van der Waals surface area contributed by atoms with Crippen LogP contribution in [0.2, 0.25) is 0 Å². The van der Waals surface area contributed by atoms with Crippen LogP contribution in [0.5, 0.6) is 0 Å². The normalized spacial score (nSPS) is 30.9. The van der Waals surface area contributed by atoms with Gasteiger partial charge in [0, 0.05) is 11.6 Å². The molecule has 4 nitrogen and oxygen atoms in total. The Hall–Kier alpha value is -1.03. The fourth-order valence-electron chi connectivity index (χ4n) is 1.72. The van der Waals surface area contributed by atoms with E-state index in [4.69, 9.17) is 11.6 Å². The highest BCUT2D eigenvalue weighted by molar-refractivity contribution is 5.97. The summed E-state index contributed by atoms with van der Waals surface area (Å²) in [6.45, 7) is 1.80. The molecule has 0 aromatic rings. The molecule has 74 valence electrons. The van der Waals surface area contributed by atoms with E-state index < -0.39 is 0 Å². The molecule has 0 saturated heterocycles. The molecule has 1 aliphatic carbocycles. The average molecular weight is 183 g/mol. The van der Waals surface area contributed by atoms with Crippen molar-refractivity contribution < 1.29 is 5.11 Å². The van der Waals surface area contributed by atoms with Gasteiger partial charge in [0.15, 0.2) is 0 Å². The van der Waals surface area contributed by atoms with Crippen molar-refractivity contribution in [2.24, 2.45) is 22.6 Å². The van der Waals surface area contributed by atoms with E-state index in [1.54, 1.807) is 13.0 Å². The van der Waals surface area contributed by atoms with Crippen LogP contribution >= 0.6 is 0 Å². The molecule has 1 aliphatic rings. The zero-order valence-corrected chi connectivity index (χ0v) is 7.90. The summed E-state index contributed by atoms with van der Waals surface area (Å²) in [7, 11) is 0. The summed E-state index contributed by atoms with van der Waals surface area (Å²) < 4.78 is 0. The van der Waals surface area contributed by atoms with Gasteiger partial charge in [-0.25, -0.2) is 0 Å². The molecular weight excluding hydrogens is 166 g/mol.